The van der Waals surface area contributed by atoms with Gasteiger partial charge >= 0.3 is 5.97 Å². The number of halogens is 1. The summed E-state index contributed by atoms with van der Waals surface area (Å²) in [6.07, 6.45) is 2.98. The van der Waals surface area contributed by atoms with E-state index in [9.17, 15) is 4.79 Å². The first-order chi connectivity index (χ1) is 7.17. The van der Waals surface area contributed by atoms with Crippen LogP contribution < -0.4 is 4.90 Å². The maximum atomic E-state index is 11.1. The second kappa shape index (κ2) is 5.50. The summed E-state index contributed by atoms with van der Waals surface area (Å²) in [6.45, 7) is 2.66. The van der Waals surface area contributed by atoms with Crippen molar-refractivity contribution >= 4 is 23.5 Å². The van der Waals surface area contributed by atoms with Gasteiger partial charge in [0.15, 0.2) is 0 Å². The fourth-order valence-electron chi connectivity index (χ4n) is 1.01. The molecule has 0 atom stereocenters. The van der Waals surface area contributed by atoms with Gasteiger partial charge in [-0.1, -0.05) is 11.6 Å². The fraction of sp³-hybridized carbons (Fsp3) is 0.444. The highest BCUT2D eigenvalue weighted by Crippen LogP contribution is 2.09. The fourth-order valence-corrected chi connectivity index (χ4v) is 1.11. The Morgan fingerprint density at radius 2 is 2.13 bits per heavy atom. The van der Waals surface area contributed by atoms with E-state index in [2.05, 4.69) is 14.7 Å². The lowest BCUT2D eigenvalue weighted by molar-refractivity contribution is -0.138. The lowest BCUT2D eigenvalue weighted by Crippen LogP contribution is -2.31. The van der Waals surface area contributed by atoms with Gasteiger partial charge in [0, 0.05) is 6.54 Å². The van der Waals surface area contributed by atoms with E-state index in [1.165, 1.54) is 19.5 Å². The van der Waals surface area contributed by atoms with E-state index in [-0.39, 0.29) is 12.5 Å². The minimum absolute atomic E-state index is 0.134. The summed E-state index contributed by atoms with van der Waals surface area (Å²) in [5.74, 6) is 0.141. The maximum absolute atomic E-state index is 11.1. The van der Waals surface area contributed by atoms with Crippen molar-refractivity contribution in [2.45, 2.75) is 6.92 Å². The average molecular weight is 230 g/mol. The smallest absolute Gasteiger partial charge is 0.325 e. The Morgan fingerprint density at radius 3 is 2.60 bits per heavy atom. The molecule has 0 bridgehead atoms. The van der Waals surface area contributed by atoms with Crippen LogP contribution in [0.2, 0.25) is 5.02 Å². The maximum Gasteiger partial charge on any atom is 0.325 e. The van der Waals surface area contributed by atoms with Crippen molar-refractivity contribution in [3.63, 3.8) is 0 Å². The SMILES string of the molecule is CCN(CC(=O)OC)c1ncc(Cl)cn1. The molecule has 1 rings (SSSR count). The van der Waals surface area contributed by atoms with Crippen molar-refractivity contribution in [2.75, 3.05) is 25.1 Å². The van der Waals surface area contributed by atoms with Crippen molar-refractivity contribution in [1.82, 2.24) is 9.97 Å². The van der Waals surface area contributed by atoms with Gasteiger partial charge in [0.1, 0.15) is 6.54 Å². The molecule has 0 saturated carbocycles. The molecule has 0 fully saturated rings. The number of ether oxygens (including phenoxy) is 1. The first-order valence-corrected chi connectivity index (χ1v) is 4.84. The van der Waals surface area contributed by atoms with Crippen LogP contribution in [0.15, 0.2) is 12.4 Å². The molecule has 0 N–H and O–H groups in total. The van der Waals surface area contributed by atoms with Gasteiger partial charge in [0.05, 0.1) is 24.5 Å². The Balaban J connectivity index is 2.74. The third kappa shape index (κ3) is 3.36. The number of methoxy groups -OCH3 is 1. The minimum atomic E-state index is -0.324. The molecule has 1 aromatic rings. The normalized spacial score (nSPS) is 9.80. The summed E-state index contributed by atoms with van der Waals surface area (Å²) in [7, 11) is 1.35. The van der Waals surface area contributed by atoms with E-state index in [1.807, 2.05) is 6.92 Å². The van der Waals surface area contributed by atoms with E-state index in [1.54, 1.807) is 4.90 Å². The summed E-state index contributed by atoms with van der Waals surface area (Å²) in [5.41, 5.74) is 0. The van der Waals surface area contributed by atoms with Gasteiger partial charge in [0.25, 0.3) is 0 Å². The van der Waals surface area contributed by atoms with Crippen LogP contribution in [-0.4, -0.2) is 36.1 Å². The van der Waals surface area contributed by atoms with Crippen molar-refractivity contribution < 1.29 is 9.53 Å². The number of carbonyl (C=O) groups is 1. The Kier molecular flexibility index (Phi) is 4.30. The molecule has 0 aliphatic carbocycles. The first kappa shape index (κ1) is 11.7. The number of rotatable bonds is 4. The van der Waals surface area contributed by atoms with Gasteiger partial charge in [-0.25, -0.2) is 9.97 Å². The predicted molar refractivity (Wildman–Crippen MR) is 56.9 cm³/mol. The second-order valence-corrected chi connectivity index (χ2v) is 3.23. The van der Waals surface area contributed by atoms with Crippen molar-refractivity contribution in [3.05, 3.63) is 17.4 Å². The zero-order valence-corrected chi connectivity index (χ0v) is 9.36. The van der Waals surface area contributed by atoms with Crippen LogP contribution in [0.5, 0.6) is 0 Å². The summed E-state index contributed by atoms with van der Waals surface area (Å²) in [6, 6.07) is 0. The summed E-state index contributed by atoms with van der Waals surface area (Å²) in [4.78, 5) is 20.8. The molecule has 1 heterocycles. The van der Waals surface area contributed by atoms with Crippen LogP contribution in [0.3, 0.4) is 0 Å². The van der Waals surface area contributed by atoms with Crippen molar-refractivity contribution in [1.29, 1.82) is 0 Å². The van der Waals surface area contributed by atoms with Crippen LogP contribution in [0.1, 0.15) is 6.92 Å². The highest BCUT2D eigenvalue weighted by atomic mass is 35.5. The lowest BCUT2D eigenvalue weighted by Gasteiger charge is -2.18. The van der Waals surface area contributed by atoms with E-state index in [0.29, 0.717) is 17.5 Å². The molecule has 1 aromatic heterocycles. The molecule has 0 aliphatic heterocycles. The first-order valence-electron chi connectivity index (χ1n) is 4.46. The molecular weight excluding hydrogens is 218 g/mol. The Hall–Kier alpha value is -1.36. The number of esters is 1. The number of hydrogen-bond acceptors (Lipinski definition) is 5. The molecule has 15 heavy (non-hydrogen) atoms. The highest BCUT2D eigenvalue weighted by molar-refractivity contribution is 6.30. The molecule has 0 amide bonds. The molecule has 0 saturated heterocycles. The molecule has 6 heteroatoms. The molecule has 82 valence electrons. The van der Waals surface area contributed by atoms with E-state index in [4.69, 9.17) is 11.6 Å². The lowest BCUT2D eigenvalue weighted by atomic mass is 10.5. The van der Waals surface area contributed by atoms with Crippen LogP contribution in [0, 0.1) is 0 Å². The van der Waals surface area contributed by atoms with Gasteiger partial charge in [-0.3, -0.25) is 4.79 Å². The van der Waals surface area contributed by atoms with Crippen LogP contribution in [0.4, 0.5) is 5.95 Å². The summed E-state index contributed by atoms with van der Waals surface area (Å²) < 4.78 is 4.57. The molecule has 0 unspecified atom stereocenters. The highest BCUT2D eigenvalue weighted by Gasteiger charge is 2.11. The van der Waals surface area contributed by atoms with Crippen LogP contribution >= 0.6 is 11.6 Å². The van der Waals surface area contributed by atoms with Crippen molar-refractivity contribution in [3.8, 4) is 0 Å². The van der Waals surface area contributed by atoms with Gasteiger partial charge in [-0.15, -0.1) is 0 Å². The zero-order valence-electron chi connectivity index (χ0n) is 8.61. The number of hydrogen-bond donors (Lipinski definition) is 0. The molecular formula is C9H12ClN3O2. The monoisotopic (exact) mass is 229 g/mol. The minimum Gasteiger partial charge on any atom is -0.468 e. The summed E-state index contributed by atoms with van der Waals surface area (Å²) >= 11 is 5.66. The third-order valence-electron chi connectivity index (χ3n) is 1.82. The average Bonchev–Trinajstić information content (AvgIpc) is 2.27. The molecule has 0 spiro atoms. The Bertz CT molecular complexity index is 329. The zero-order chi connectivity index (χ0) is 11.3. The number of nitrogens with zero attached hydrogens (tertiary/aromatic N) is 3. The van der Waals surface area contributed by atoms with Crippen LogP contribution in [0.25, 0.3) is 0 Å². The number of anilines is 1. The second-order valence-electron chi connectivity index (χ2n) is 2.79. The quantitative estimate of drug-likeness (QED) is 0.725. The standard InChI is InChI=1S/C9H12ClN3O2/c1-3-13(6-8(14)15-2)9-11-4-7(10)5-12-9/h4-5H,3,6H2,1-2H3. The molecule has 0 aliphatic rings. The third-order valence-corrected chi connectivity index (χ3v) is 2.01. The van der Waals surface area contributed by atoms with E-state index >= 15 is 0 Å². The van der Waals surface area contributed by atoms with Gasteiger partial charge < -0.3 is 9.64 Å². The number of aromatic nitrogens is 2. The van der Waals surface area contributed by atoms with Gasteiger partial charge in [-0.05, 0) is 6.92 Å². The van der Waals surface area contributed by atoms with E-state index < -0.39 is 0 Å². The van der Waals surface area contributed by atoms with E-state index in [0.717, 1.165) is 0 Å². The van der Waals surface area contributed by atoms with Gasteiger partial charge in [0.2, 0.25) is 5.95 Å². The van der Waals surface area contributed by atoms with Gasteiger partial charge in [-0.2, -0.15) is 0 Å². The number of carbonyl (C=O) groups excluding carboxylic acids is 1. The largest absolute Gasteiger partial charge is 0.468 e. The van der Waals surface area contributed by atoms with Crippen molar-refractivity contribution in [2.24, 2.45) is 0 Å². The number of likely N-dealkylation sites (N-methyl/N-ethyl adjacent to an activating group) is 1. The Labute approximate surface area is 93.0 Å². The molecule has 0 aromatic carbocycles. The Morgan fingerprint density at radius 1 is 1.53 bits per heavy atom. The molecule has 0 radical (unpaired) electrons. The topological polar surface area (TPSA) is 55.3 Å². The van der Waals surface area contributed by atoms with Crippen LogP contribution in [-0.2, 0) is 9.53 Å². The predicted octanol–water partition coefficient (Wildman–Crippen LogP) is 1.13. The molecule has 5 nitrogen and oxygen atoms in total. The summed E-state index contributed by atoms with van der Waals surface area (Å²) in [5, 5.41) is 0.466.